The summed E-state index contributed by atoms with van der Waals surface area (Å²) >= 11 is 0. The van der Waals surface area contributed by atoms with Gasteiger partial charge in [-0.3, -0.25) is 4.79 Å². The highest BCUT2D eigenvalue weighted by Gasteiger charge is 2.23. The number of nitrogen functional groups attached to an aromatic ring is 1. The largest absolute Gasteiger partial charge is 0.494 e. The van der Waals surface area contributed by atoms with Crippen LogP contribution in [0.4, 0.5) is 18.9 Å². The van der Waals surface area contributed by atoms with Gasteiger partial charge in [-0.25, -0.2) is 13.2 Å². The fourth-order valence-corrected chi connectivity index (χ4v) is 1.86. The normalized spacial score (nSPS) is 10.4. The summed E-state index contributed by atoms with van der Waals surface area (Å²) in [5.41, 5.74) is 4.83. The molecule has 0 bridgehead atoms. The SMILES string of the molecule is COc1c(N)cccc1C(=O)c1c(F)cc(F)cc1F. The Morgan fingerprint density at radius 1 is 1.15 bits per heavy atom. The summed E-state index contributed by atoms with van der Waals surface area (Å²) in [6, 6.07) is 5.13. The standard InChI is InChI=1S/C14H10F3NO2/c1-20-14-8(3-2-4-11(14)18)13(19)12-9(16)5-7(15)6-10(12)17/h2-6H,18H2,1H3. The van der Waals surface area contributed by atoms with Gasteiger partial charge in [-0.2, -0.15) is 0 Å². The molecule has 2 aromatic carbocycles. The number of ketones is 1. The minimum absolute atomic E-state index is 0.0145. The number of benzene rings is 2. The van der Waals surface area contributed by atoms with Crippen molar-refractivity contribution in [2.45, 2.75) is 0 Å². The van der Waals surface area contributed by atoms with E-state index in [4.69, 9.17) is 10.5 Å². The molecule has 3 nitrogen and oxygen atoms in total. The molecule has 0 heterocycles. The van der Waals surface area contributed by atoms with E-state index in [9.17, 15) is 18.0 Å². The maximum absolute atomic E-state index is 13.6. The molecule has 0 amide bonds. The quantitative estimate of drug-likeness (QED) is 0.695. The van der Waals surface area contributed by atoms with Crippen molar-refractivity contribution in [3.8, 4) is 5.75 Å². The Morgan fingerprint density at radius 3 is 2.30 bits per heavy atom. The fraction of sp³-hybridized carbons (Fsp3) is 0.0714. The molecule has 0 radical (unpaired) electrons. The molecular formula is C14H10F3NO2. The number of carbonyl (C=O) groups is 1. The second-order valence-corrected chi connectivity index (χ2v) is 4.00. The zero-order valence-corrected chi connectivity index (χ0v) is 10.4. The third-order valence-corrected chi connectivity index (χ3v) is 2.73. The average molecular weight is 281 g/mol. The molecule has 0 aromatic heterocycles. The van der Waals surface area contributed by atoms with E-state index in [1.54, 1.807) is 0 Å². The molecule has 0 spiro atoms. The number of methoxy groups -OCH3 is 1. The third-order valence-electron chi connectivity index (χ3n) is 2.73. The summed E-state index contributed by atoms with van der Waals surface area (Å²) in [4.78, 5) is 12.2. The molecule has 2 N–H and O–H groups in total. The lowest BCUT2D eigenvalue weighted by molar-refractivity contribution is 0.102. The van der Waals surface area contributed by atoms with E-state index in [2.05, 4.69) is 0 Å². The molecule has 0 atom stereocenters. The number of hydrogen-bond acceptors (Lipinski definition) is 3. The molecule has 6 heteroatoms. The van der Waals surface area contributed by atoms with Crippen molar-refractivity contribution < 1.29 is 22.7 Å². The molecular weight excluding hydrogens is 271 g/mol. The first-order chi connectivity index (χ1) is 9.45. The smallest absolute Gasteiger partial charge is 0.202 e. The highest BCUT2D eigenvalue weighted by atomic mass is 19.1. The van der Waals surface area contributed by atoms with Crippen LogP contribution >= 0.6 is 0 Å². The fourth-order valence-electron chi connectivity index (χ4n) is 1.86. The van der Waals surface area contributed by atoms with Gasteiger partial charge in [-0.05, 0) is 12.1 Å². The zero-order chi connectivity index (χ0) is 14.9. The first kappa shape index (κ1) is 13.9. The number of carbonyl (C=O) groups excluding carboxylic acids is 1. The lowest BCUT2D eigenvalue weighted by Gasteiger charge is -2.11. The molecule has 0 unspecified atom stereocenters. The van der Waals surface area contributed by atoms with Crippen molar-refractivity contribution in [3.63, 3.8) is 0 Å². The van der Waals surface area contributed by atoms with Crippen molar-refractivity contribution in [3.05, 3.63) is 58.9 Å². The maximum atomic E-state index is 13.6. The molecule has 0 aliphatic heterocycles. The van der Waals surface area contributed by atoms with E-state index in [1.807, 2.05) is 0 Å². The Bertz CT molecular complexity index is 663. The Kier molecular flexibility index (Phi) is 3.65. The van der Waals surface area contributed by atoms with Crippen LogP contribution in [0.15, 0.2) is 30.3 Å². The number of halogens is 3. The summed E-state index contributed by atoms with van der Waals surface area (Å²) < 4.78 is 45.0. The third kappa shape index (κ3) is 2.32. The van der Waals surface area contributed by atoms with Crippen LogP contribution in [0, 0.1) is 17.5 Å². The minimum atomic E-state index is -1.28. The monoisotopic (exact) mass is 281 g/mol. The second kappa shape index (κ2) is 5.24. The Balaban J connectivity index is 2.61. The highest BCUT2D eigenvalue weighted by molar-refractivity contribution is 6.11. The van der Waals surface area contributed by atoms with Gasteiger partial charge < -0.3 is 10.5 Å². The average Bonchev–Trinajstić information content (AvgIpc) is 2.37. The topological polar surface area (TPSA) is 52.3 Å². The van der Waals surface area contributed by atoms with Gasteiger partial charge in [0.15, 0.2) is 5.75 Å². The maximum Gasteiger partial charge on any atom is 0.202 e. The van der Waals surface area contributed by atoms with Gasteiger partial charge in [0, 0.05) is 12.1 Å². The zero-order valence-electron chi connectivity index (χ0n) is 10.4. The molecule has 20 heavy (non-hydrogen) atoms. The first-order valence-corrected chi connectivity index (χ1v) is 5.57. The highest BCUT2D eigenvalue weighted by Crippen LogP contribution is 2.29. The number of nitrogens with two attached hydrogens (primary N) is 1. The Morgan fingerprint density at radius 2 is 1.75 bits per heavy atom. The molecule has 2 aromatic rings. The molecule has 0 aliphatic rings. The lowest BCUT2D eigenvalue weighted by atomic mass is 10.0. The summed E-state index contributed by atoms with van der Waals surface area (Å²) in [7, 11) is 1.28. The molecule has 0 saturated heterocycles. The van der Waals surface area contributed by atoms with Crippen LogP contribution in [-0.4, -0.2) is 12.9 Å². The summed E-state index contributed by atoms with van der Waals surface area (Å²) in [5, 5.41) is 0. The van der Waals surface area contributed by atoms with Crippen LogP contribution in [0.2, 0.25) is 0 Å². The second-order valence-electron chi connectivity index (χ2n) is 4.00. The van der Waals surface area contributed by atoms with E-state index in [0.717, 1.165) is 0 Å². The molecule has 104 valence electrons. The van der Waals surface area contributed by atoms with Gasteiger partial charge in [-0.15, -0.1) is 0 Å². The predicted molar refractivity (Wildman–Crippen MR) is 67.2 cm³/mol. The molecule has 2 rings (SSSR count). The van der Waals surface area contributed by atoms with Crippen molar-refractivity contribution in [1.82, 2.24) is 0 Å². The van der Waals surface area contributed by atoms with Crippen LogP contribution in [0.1, 0.15) is 15.9 Å². The minimum Gasteiger partial charge on any atom is -0.494 e. The Hall–Kier alpha value is -2.50. The van der Waals surface area contributed by atoms with E-state index >= 15 is 0 Å². The van der Waals surface area contributed by atoms with Crippen LogP contribution < -0.4 is 10.5 Å². The number of para-hydroxylation sites is 1. The van der Waals surface area contributed by atoms with Gasteiger partial charge in [-0.1, -0.05) is 6.07 Å². The lowest BCUT2D eigenvalue weighted by Crippen LogP contribution is -2.10. The van der Waals surface area contributed by atoms with Crippen molar-refractivity contribution in [1.29, 1.82) is 0 Å². The van der Waals surface area contributed by atoms with Crippen LogP contribution in [0.3, 0.4) is 0 Å². The molecule has 0 fully saturated rings. The van der Waals surface area contributed by atoms with Gasteiger partial charge in [0.2, 0.25) is 5.78 Å². The number of rotatable bonds is 3. The molecule has 0 aliphatic carbocycles. The van der Waals surface area contributed by atoms with Gasteiger partial charge in [0.1, 0.15) is 17.5 Å². The van der Waals surface area contributed by atoms with Gasteiger partial charge in [0.25, 0.3) is 0 Å². The Labute approximate surface area is 112 Å². The number of hydrogen-bond donors (Lipinski definition) is 1. The number of ether oxygens (including phenoxy) is 1. The van der Waals surface area contributed by atoms with Crippen molar-refractivity contribution >= 4 is 11.5 Å². The van der Waals surface area contributed by atoms with Crippen LogP contribution in [0.25, 0.3) is 0 Å². The van der Waals surface area contributed by atoms with Gasteiger partial charge >= 0.3 is 0 Å². The van der Waals surface area contributed by atoms with E-state index in [-0.39, 0.29) is 17.0 Å². The van der Waals surface area contributed by atoms with E-state index in [0.29, 0.717) is 12.1 Å². The van der Waals surface area contributed by atoms with E-state index in [1.165, 1.54) is 25.3 Å². The summed E-state index contributed by atoms with van der Waals surface area (Å²) in [6.45, 7) is 0. The van der Waals surface area contributed by atoms with Crippen molar-refractivity contribution in [2.24, 2.45) is 0 Å². The predicted octanol–water partition coefficient (Wildman–Crippen LogP) is 2.93. The summed E-state index contributed by atoms with van der Waals surface area (Å²) in [5.74, 6) is -4.62. The van der Waals surface area contributed by atoms with Gasteiger partial charge in [0.05, 0.1) is 23.9 Å². The molecule has 0 saturated carbocycles. The summed E-state index contributed by atoms with van der Waals surface area (Å²) in [6.07, 6.45) is 0. The first-order valence-electron chi connectivity index (χ1n) is 5.57. The van der Waals surface area contributed by atoms with Crippen LogP contribution in [-0.2, 0) is 0 Å². The van der Waals surface area contributed by atoms with E-state index < -0.39 is 28.8 Å². The number of anilines is 1. The van der Waals surface area contributed by atoms with Crippen molar-refractivity contribution in [2.75, 3.05) is 12.8 Å². The van der Waals surface area contributed by atoms with Crippen LogP contribution in [0.5, 0.6) is 5.75 Å².